The lowest BCUT2D eigenvalue weighted by atomic mass is 10.1. The summed E-state index contributed by atoms with van der Waals surface area (Å²) in [5.41, 5.74) is -0.279. The summed E-state index contributed by atoms with van der Waals surface area (Å²) in [4.78, 5) is 10.9. The number of hydrogen-bond donors (Lipinski definition) is 1. The van der Waals surface area contributed by atoms with Crippen molar-refractivity contribution in [3.63, 3.8) is 0 Å². The molecule has 2 unspecified atom stereocenters. The van der Waals surface area contributed by atoms with Crippen LogP contribution in [-0.4, -0.2) is 23.3 Å². The van der Waals surface area contributed by atoms with Gasteiger partial charge in [0.15, 0.2) is 0 Å². The topological polar surface area (TPSA) is 46.5 Å². The maximum absolute atomic E-state index is 10.9. The van der Waals surface area contributed by atoms with Crippen LogP contribution in [0, 0.1) is 17.3 Å². The number of carboxylic acids is 1. The fourth-order valence-corrected chi connectivity index (χ4v) is 1.89. The second-order valence-corrected chi connectivity index (χ2v) is 5.67. The average molecular weight is 200 g/mol. The highest BCUT2D eigenvalue weighted by Gasteiger charge is 2.62. The highest BCUT2D eigenvalue weighted by Crippen LogP contribution is 2.58. The Morgan fingerprint density at radius 1 is 1.43 bits per heavy atom. The van der Waals surface area contributed by atoms with Crippen LogP contribution in [0.4, 0.5) is 0 Å². The Balaban J connectivity index is 2.46. The third kappa shape index (κ3) is 2.27. The second-order valence-electron chi connectivity index (χ2n) is 5.67. The van der Waals surface area contributed by atoms with E-state index in [2.05, 4.69) is 0 Å². The molecule has 14 heavy (non-hydrogen) atoms. The smallest absolute Gasteiger partial charge is 0.307 e. The zero-order valence-electron chi connectivity index (χ0n) is 9.63. The molecule has 1 aliphatic carbocycles. The van der Waals surface area contributed by atoms with Crippen LogP contribution in [0.5, 0.6) is 0 Å². The van der Waals surface area contributed by atoms with Crippen molar-refractivity contribution >= 4 is 5.97 Å². The van der Waals surface area contributed by atoms with E-state index < -0.39 is 5.97 Å². The van der Waals surface area contributed by atoms with Gasteiger partial charge in [0.1, 0.15) is 0 Å². The van der Waals surface area contributed by atoms with Crippen molar-refractivity contribution in [2.45, 2.75) is 40.2 Å². The normalized spacial score (nSPS) is 30.1. The molecule has 82 valence electrons. The van der Waals surface area contributed by atoms with Gasteiger partial charge in [0.05, 0.1) is 18.1 Å². The summed E-state index contributed by atoms with van der Waals surface area (Å²) in [6.45, 7) is 10.5. The first kappa shape index (κ1) is 11.5. The number of hydrogen-bond acceptors (Lipinski definition) is 2. The van der Waals surface area contributed by atoms with Gasteiger partial charge in [0.2, 0.25) is 0 Å². The Kier molecular flexibility index (Phi) is 2.65. The van der Waals surface area contributed by atoms with Gasteiger partial charge in [-0.15, -0.1) is 0 Å². The van der Waals surface area contributed by atoms with E-state index in [0.717, 1.165) is 0 Å². The fraction of sp³-hybridized carbons (Fsp3) is 0.909. The SMILES string of the molecule is CC(C)(C)OCC1C(C(=O)O)C1(C)C. The average Bonchev–Trinajstić information content (AvgIpc) is 2.47. The molecule has 1 rings (SSSR count). The maximum atomic E-state index is 10.9. The Morgan fingerprint density at radius 2 is 1.93 bits per heavy atom. The summed E-state index contributed by atoms with van der Waals surface area (Å²) < 4.78 is 5.61. The highest BCUT2D eigenvalue weighted by molar-refractivity contribution is 5.75. The number of carbonyl (C=O) groups is 1. The van der Waals surface area contributed by atoms with Crippen LogP contribution in [0.15, 0.2) is 0 Å². The predicted octanol–water partition coefficient (Wildman–Crippen LogP) is 2.16. The molecule has 0 aromatic carbocycles. The molecule has 0 amide bonds. The van der Waals surface area contributed by atoms with E-state index in [4.69, 9.17) is 9.84 Å². The molecule has 0 heterocycles. The van der Waals surface area contributed by atoms with E-state index in [0.29, 0.717) is 6.61 Å². The number of ether oxygens (including phenoxy) is 1. The molecule has 3 nitrogen and oxygen atoms in total. The molecule has 1 fully saturated rings. The second kappa shape index (κ2) is 3.23. The molecule has 1 saturated carbocycles. The lowest BCUT2D eigenvalue weighted by molar-refractivity contribution is -0.139. The van der Waals surface area contributed by atoms with Gasteiger partial charge in [0.25, 0.3) is 0 Å². The van der Waals surface area contributed by atoms with Crippen molar-refractivity contribution in [2.75, 3.05) is 6.61 Å². The van der Waals surface area contributed by atoms with Crippen molar-refractivity contribution in [1.82, 2.24) is 0 Å². The van der Waals surface area contributed by atoms with Gasteiger partial charge in [-0.25, -0.2) is 0 Å². The number of rotatable bonds is 3. The van der Waals surface area contributed by atoms with Gasteiger partial charge in [0, 0.05) is 5.92 Å². The van der Waals surface area contributed by atoms with Crippen LogP contribution in [0.1, 0.15) is 34.6 Å². The van der Waals surface area contributed by atoms with Crippen molar-refractivity contribution in [3.8, 4) is 0 Å². The number of carboxylic acid groups (broad SMARTS) is 1. The Hall–Kier alpha value is -0.570. The lowest BCUT2D eigenvalue weighted by Crippen LogP contribution is -2.21. The minimum atomic E-state index is -0.697. The summed E-state index contributed by atoms with van der Waals surface area (Å²) in [6, 6.07) is 0. The van der Waals surface area contributed by atoms with Gasteiger partial charge < -0.3 is 9.84 Å². The van der Waals surface area contributed by atoms with Crippen LogP contribution >= 0.6 is 0 Å². The summed E-state index contributed by atoms with van der Waals surface area (Å²) in [6.07, 6.45) is 0. The molecule has 0 bridgehead atoms. The van der Waals surface area contributed by atoms with Crippen LogP contribution in [-0.2, 0) is 9.53 Å². The monoisotopic (exact) mass is 200 g/mol. The molecule has 0 spiro atoms. The first-order valence-electron chi connectivity index (χ1n) is 5.03. The molecule has 2 atom stereocenters. The van der Waals surface area contributed by atoms with Crippen molar-refractivity contribution < 1.29 is 14.6 Å². The Morgan fingerprint density at radius 3 is 2.21 bits per heavy atom. The van der Waals surface area contributed by atoms with E-state index in [1.54, 1.807) is 0 Å². The Labute approximate surface area is 85.5 Å². The molecular formula is C11H20O3. The third-order valence-corrected chi connectivity index (χ3v) is 3.01. The third-order valence-electron chi connectivity index (χ3n) is 3.01. The largest absolute Gasteiger partial charge is 0.481 e. The summed E-state index contributed by atoms with van der Waals surface area (Å²) in [5.74, 6) is -0.762. The quantitative estimate of drug-likeness (QED) is 0.759. The van der Waals surface area contributed by atoms with Gasteiger partial charge in [-0.05, 0) is 26.2 Å². The van der Waals surface area contributed by atoms with Crippen molar-refractivity contribution in [1.29, 1.82) is 0 Å². The van der Waals surface area contributed by atoms with Gasteiger partial charge >= 0.3 is 5.97 Å². The van der Waals surface area contributed by atoms with Crippen molar-refractivity contribution in [3.05, 3.63) is 0 Å². The van der Waals surface area contributed by atoms with E-state index in [-0.39, 0.29) is 22.9 Å². The molecule has 0 aromatic rings. The first-order chi connectivity index (χ1) is 6.16. The van der Waals surface area contributed by atoms with Crippen LogP contribution < -0.4 is 0 Å². The molecule has 1 aliphatic rings. The summed E-state index contributed by atoms with van der Waals surface area (Å²) >= 11 is 0. The zero-order valence-corrected chi connectivity index (χ0v) is 9.63. The fourth-order valence-electron chi connectivity index (χ4n) is 1.89. The van der Waals surface area contributed by atoms with E-state index in [1.165, 1.54) is 0 Å². The zero-order chi connectivity index (χ0) is 11.1. The minimum absolute atomic E-state index is 0.100. The molecular weight excluding hydrogens is 180 g/mol. The van der Waals surface area contributed by atoms with Gasteiger partial charge in [-0.1, -0.05) is 13.8 Å². The molecule has 1 N–H and O–H groups in total. The molecule has 0 aromatic heterocycles. The van der Waals surface area contributed by atoms with E-state index in [1.807, 2.05) is 34.6 Å². The van der Waals surface area contributed by atoms with E-state index >= 15 is 0 Å². The van der Waals surface area contributed by atoms with Gasteiger partial charge in [-0.3, -0.25) is 4.79 Å². The summed E-state index contributed by atoms with van der Waals surface area (Å²) in [7, 11) is 0. The van der Waals surface area contributed by atoms with Crippen LogP contribution in [0.3, 0.4) is 0 Å². The lowest BCUT2D eigenvalue weighted by Gasteiger charge is -2.19. The maximum Gasteiger partial charge on any atom is 0.307 e. The van der Waals surface area contributed by atoms with Crippen LogP contribution in [0.2, 0.25) is 0 Å². The molecule has 0 aliphatic heterocycles. The first-order valence-corrected chi connectivity index (χ1v) is 5.03. The van der Waals surface area contributed by atoms with E-state index in [9.17, 15) is 4.79 Å². The number of aliphatic carboxylic acids is 1. The molecule has 0 saturated heterocycles. The molecule has 3 heteroatoms. The van der Waals surface area contributed by atoms with Gasteiger partial charge in [-0.2, -0.15) is 0 Å². The van der Waals surface area contributed by atoms with Crippen LogP contribution in [0.25, 0.3) is 0 Å². The van der Waals surface area contributed by atoms with Crippen molar-refractivity contribution in [2.24, 2.45) is 17.3 Å². The predicted molar refractivity (Wildman–Crippen MR) is 54.1 cm³/mol. The highest BCUT2D eigenvalue weighted by atomic mass is 16.5. The summed E-state index contributed by atoms with van der Waals surface area (Å²) in [5, 5.41) is 8.93. The standard InChI is InChI=1S/C11H20O3/c1-10(2,3)14-6-7-8(9(12)13)11(7,4)5/h7-8H,6H2,1-5H3,(H,12,13). The minimum Gasteiger partial charge on any atom is -0.481 e. The Bertz CT molecular complexity index is 237. The molecule has 0 radical (unpaired) electrons.